The van der Waals surface area contributed by atoms with Crippen molar-refractivity contribution in [1.29, 1.82) is 0 Å². The summed E-state index contributed by atoms with van der Waals surface area (Å²) in [4.78, 5) is 11.9. The van der Waals surface area contributed by atoms with Crippen molar-refractivity contribution in [2.75, 3.05) is 0 Å². The second kappa shape index (κ2) is 3.80. The smallest absolute Gasteiger partial charge is 0.285 e. The minimum absolute atomic E-state index is 0.227. The Labute approximate surface area is 113 Å². The fourth-order valence-electron chi connectivity index (χ4n) is 2.55. The van der Waals surface area contributed by atoms with Crippen molar-refractivity contribution in [2.24, 2.45) is 0 Å². The van der Waals surface area contributed by atoms with E-state index in [1.54, 1.807) is 10.6 Å². The van der Waals surface area contributed by atoms with Gasteiger partial charge in [0.05, 0.1) is 11.7 Å². The number of aromatic nitrogens is 5. The van der Waals surface area contributed by atoms with Gasteiger partial charge in [-0.3, -0.25) is 5.10 Å². The number of pyridine rings is 1. The van der Waals surface area contributed by atoms with E-state index in [9.17, 15) is 4.79 Å². The Morgan fingerprint density at radius 2 is 2.10 bits per heavy atom. The first-order chi connectivity index (χ1) is 9.74. The molecule has 6 nitrogen and oxygen atoms in total. The number of benzene rings is 1. The van der Waals surface area contributed by atoms with Crippen molar-refractivity contribution in [2.45, 2.75) is 6.92 Å². The molecule has 20 heavy (non-hydrogen) atoms. The van der Waals surface area contributed by atoms with Gasteiger partial charge in [-0.2, -0.15) is 10.2 Å². The van der Waals surface area contributed by atoms with Crippen LogP contribution < -0.4 is 5.69 Å². The molecule has 0 atom stereocenters. The highest BCUT2D eigenvalue weighted by Crippen LogP contribution is 2.25. The molecular weight excluding hydrogens is 254 g/mol. The van der Waals surface area contributed by atoms with E-state index in [2.05, 4.69) is 20.4 Å². The quantitative estimate of drug-likeness (QED) is 0.551. The van der Waals surface area contributed by atoms with Gasteiger partial charge >= 0.3 is 5.69 Å². The van der Waals surface area contributed by atoms with Gasteiger partial charge < -0.3 is 0 Å². The molecular formula is C14H11N5O. The van der Waals surface area contributed by atoms with Crippen molar-refractivity contribution in [3.63, 3.8) is 0 Å². The first-order valence-corrected chi connectivity index (χ1v) is 6.24. The fourth-order valence-corrected chi connectivity index (χ4v) is 2.55. The van der Waals surface area contributed by atoms with Crippen LogP contribution >= 0.6 is 0 Å². The van der Waals surface area contributed by atoms with Gasteiger partial charge in [0, 0.05) is 17.1 Å². The summed E-state index contributed by atoms with van der Waals surface area (Å²) in [6.45, 7) is 2.01. The summed E-state index contributed by atoms with van der Waals surface area (Å²) in [6, 6.07) is 7.93. The molecule has 0 bridgehead atoms. The Bertz CT molecular complexity index is 978. The van der Waals surface area contributed by atoms with E-state index in [4.69, 9.17) is 0 Å². The van der Waals surface area contributed by atoms with Gasteiger partial charge in [0.2, 0.25) is 0 Å². The monoisotopic (exact) mass is 265 g/mol. The molecule has 0 aliphatic rings. The third-order valence-corrected chi connectivity index (χ3v) is 3.54. The van der Waals surface area contributed by atoms with Crippen LogP contribution in [-0.4, -0.2) is 24.8 Å². The molecule has 0 aliphatic carbocycles. The van der Waals surface area contributed by atoms with E-state index in [1.807, 2.05) is 37.4 Å². The first-order valence-electron chi connectivity index (χ1n) is 6.24. The molecule has 2 N–H and O–H groups in total. The topological polar surface area (TPSA) is 78.8 Å². The fraction of sp³-hybridized carbons (Fsp3) is 0.0714. The van der Waals surface area contributed by atoms with Crippen molar-refractivity contribution in [1.82, 2.24) is 24.8 Å². The van der Waals surface area contributed by atoms with Crippen LogP contribution in [0.1, 0.15) is 5.56 Å². The Hall–Kier alpha value is -2.89. The number of hydrogen-bond donors (Lipinski definition) is 2. The lowest BCUT2D eigenvalue weighted by Crippen LogP contribution is -2.10. The molecule has 3 aromatic heterocycles. The van der Waals surface area contributed by atoms with Gasteiger partial charge in [-0.05, 0) is 30.2 Å². The Kier molecular flexibility index (Phi) is 2.09. The van der Waals surface area contributed by atoms with Crippen LogP contribution in [0.15, 0.2) is 41.5 Å². The zero-order valence-electron chi connectivity index (χ0n) is 10.7. The third-order valence-electron chi connectivity index (χ3n) is 3.54. The summed E-state index contributed by atoms with van der Waals surface area (Å²) in [5.41, 5.74) is 4.32. The van der Waals surface area contributed by atoms with Crippen LogP contribution in [0.3, 0.4) is 0 Å². The summed E-state index contributed by atoms with van der Waals surface area (Å²) in [5, 5.41) is 14.3. The number of aryl methyl sites for hydroxylation is 1. The highest BCUT2D eigenvalue weighted by Gasteiger charge is 2.09. The molecule has 1 aromatic carbocycles. The average Bonchev–Trinajstić information content (AvgIpc) is 3.09. The second-order valence-electron chi connectivity index (χ2n) is 4.77. The molecule has 4 rings (SSSR count). The number of H-pyrrole nitrogens is 2. The number of rotatable bonds is 1. The lowest BCUT2D eigenvalue weighted by molar-refractivity contribution is 1.04. The van der Waals surface area contributed by atoms with E-state index < -0.39 is 0 Å². The maximum absolute atomic E-state index is 11.9. The van der Waals surface area contributed by atoms with Crippen LogP contribution in [0.5, 0.6) is 0 Å². The normalized spacial score (nSPS) is 11.4. The highest BCUT2D eigenvalue weighted by molar-refractivity contribution is 5.89. The predicted molar refractivity (Wildman–Crippen MR) is 75.6 cm³/mol. The summed E-state index contributed by atoms with van der Waals surface area (Å²) < 4.78 is 1.59. The molecule has 3 heterocycles. The summed E-state index contributed by atoms with van der Waals surface area (Å²) >= 11 is 0. The Morgan fingerprint density at radius 1 is 1.20 bits per heavy atom. The summed E-state index contributed by atoms with van der Waals surface area (Å²) in [7, 11) is 0. The van der Waals surface area contributed by atoms with Crippen LogP contribution in [0.2, 0.25) is 0 Å². The van der Waals surface area contributed by atoms with E-state index in [0.717, 1.165) is 27.6 Å². The number of aromatic amines is 2. The predicted octanol–water partition coefficient (Wildman–Crippen LogP) is 1.87. The molecule has 0 aliphatic heterocycles. The molecule has 0 saturated heterocycles. The second-order valence-corrected chi connectivity index (χ2v) is 4.77. The average molecular weight is 265 g/mol. The van der Waals surface area contributed by atoms with Crippen LogP contribution in [0.4, 0.5) is 0 Å². The molecule has 0 fully saturated rings. The lowest BCUT2D eigenvalue weighted by atomic mass is 10.0. The maximum atomic E-state index is 11.9. The van der Waals surface area contributed by atoms with E-state index in [-0.39, 0.29) is 5.69 Å². The summed E-state index contributed by atoms with van der Waals surface area (Å²) in [6.07, 6.45) is 3.58. The SMILES string of the molecule is Cc1cc2n[nH]c(=O)n2c2cc(-c3cn[nH]c3)ccc12. The van der Waals surface area contributed by atoms with Gasteiger partial charge in [-0.1, -0.05) is 12.1 Å². The minimum Gasteiger partial charge on any atom is -0.285 e. The standard InChI is InChI=1S/C14H11N5O/c1-8-4-13-17-18-14(20)19(13)12-5-9(2-3-11(8)12)10-6-15-16-7-10/h2-7H,1H3,(H,15,16)(H,18,20). The maximum Gasteiger partial charge on any atom is 0.348 e. The number of fused-ring (bicyclic) bond motifs is 3. The van der Waals surface area contributed by atoms with Crippen molar-refractivity contribution in [3.8, 4) is 11.1 Å². The minimum atomic E-state index is -0.227. The molecule has 98 valence electrons. The van der Waals surface area contributed by atoms with Crippen LogP contribution in [0.25, 0.3) is 27.7 Å². The first kappa shape index (κ1) is 11.0. The van der Waals surface area contributed by atoms with Crippen molar-refractivity contribution >= 4 is 16.6 Å². The van der Waals surface area contributed by atoms with E-state index in [1.165, 1.54) is 0 Å². The largest absolute Gasteiger partial charge is 0.348 e. The molecule has 0 amide bonds. The van der Waals surface area contributed by atoms with Crippen molar-refractivity contribution < 1.29 is 0 Å². The summed E-state index contributed by atoms with van der Waals surface area (Å²) in [5.74, 6) is 0. The molecule has 4 aromatic rings. The van der Waals surface area contributed by atoms with Gasteiger partial charge in [-0.15, -0.1) is 0 Å². The van der Waals surface area contributed by atoms with Gasteiger partial charge in [0.25, 0.3) is 0 Å². The molecule has 0 saturated carbocycles. The highest BCUT2D eigenvalue weighted by atomic mass is 16.1. The molecule has 0 unspecified atom stereocenters. The van der Waals surface area contributed by atoms with Crippen LogP contribution in [0, 0.1) is 6.92 Å². The zero-order valence-corrected chi connectivity index (χ0v) is 10.7. The lowest BCUT2D eigenvalue weighted by Gasteiger charge is -2.06. The number of nitrogens with one attached hydrogen (secondary N) is 2. The number of nitrogens with zero attached hydrogens (tertiary/aromatic N) is 3. The molecule has 6 heteroatoms. The molecule has 0 radical (unpaired) electrons. The van der Waals surface area contributed by atoms with E-state index >= 15 is 0 Å². The molecule has 0 spiro atoms. The Morgan fingerprint density at radius 3 is 2.90 bits per heavy atom. The van der Waals surface area contributed by atoms with Crippen LogP contribution in [-0.2, 0) is 0 Å². The van der Waals surface area contributed by atoms with E-state index in [0.29, 0.717) is 5.65 Å². The van der Waals surface area contributed by atoms with Crippen molar-refractivity contribution in [3.05, 3.63) is 52.7 Å². The zero-order chi connectivity index (χ0) is 13.7. The third kappa shape index (κ3) is 1.41. The van der Waals surface area contributed by atoms with Gasteiger partial charge in [-0.25, -0.2) is 14.3 Å². The Balaban J connectivity index is 2.17. The number of hydrogen-bond acceptors (Lipinski definition) is 3. The van der Waals surface area contributed by atoms with Gasteiger partial charge in [0.1, 0.15) is 0 Å². The van der Waals surface area contributed by atoms with Gasteiger partial charge in [0.15, 0.2) is 5.65 Å².